The summed E-state index contributed by atoms with van der Waals surface area (Å²) in [7, 11) is -1.36. The van der Waals surface area contributed by atoms with Gasteiger partial charge in [0.05, 0.1) is 8.07 Å². The highest BCUT2D eigenvalue weighted by Crippen LogP contribution is 2.29. The molecular weight excluding hydrogens is 418 g/mol. The lowest BCUT2D eigenvalue weighted by Crippen LogP contribution is -2.37. The number of fused-ring (bicyclic) bond motifs is 3. The summed E-state index contributed by atoms with van der Waals surface area (Å²) in [6.45, 7) is 7.01. The average Bonchev–Trinajstić information content (AvgIpc) is 2.77. The van der Waals surface area contributed by atoms with Crippen LogP contribution in [0.3, 0.4) is 0 Å². The van der Waals surface area contributed by atoms with E-state index in [9.17, 15) is 0 Å². The van der Waals surface area contributed by atoms with E-state index < -0.39 is 8.07 Å². The van der Waals surface area contributed by atoms with E-state index in [0.29, 0.717) is 11.6 Å². The largest absolute Gasteiger partial charge is 0.226 e. The summed E-state index contributed by atoms with van der Waals surface area (Å²) in [5, 5.41) is 6.43. The number of benzene rings is 4. The summed E-state index contributed by atoms with van der Waals surface area (Å²) in [6, 6.07) is 27.5. The van der Waals surface area contributed by atoms with Crippen LogP contribution in [-0.4, -0.2) is 23.0 Å². The Morgan fingerprint density at radius 1 is 0.613 bits per heavy atom. The fourth-order valence-electron chi connectivity index (χ4n) is 3.88. The second-order valence-corrected chi connectivity index (χ2v) is 14.2. The van der Waals surface area contributed by atoms with Gasteiger partial charge in [0.1, 0.15) is 0 Å². The number of halogens is 1. The first-order valence-electron chi connectivity index (χ1n) is 10.3. The monoisotopic (exact) mass is 439 g/mol. The third-order valence-electron chi connectivity index (χ3n) is 5.62. The van der Waals surface area contributed by atoms with Gasteiger partial charge < -0.3 is 0 Å². The number of nitrogens with zero attached hydrogens (tertiary/aromatic N) is 3. The molecule has 1 aromatic heterocycles. The second-order valence-electron chi connectivity index (χ2n) is 8.80. The van der Waals surface area contributed by atoms with Gasteiger partial charge in [0.15, 0.2) is 11.6 Å². The maximum absolute atomic E-state index is 6.29. The van der Waals surface area contributed by atoms with Crippen LogP contribution in [0.4, 0.5) is 0 Å². The van der Waals surface area contributed by atoms with Crippen molar-refractivity contribution < 1.29 is 0 Å². The molecule has 0 fully saturated rings. The highest BCUT2D eigenvalue weighted by molar-refractivity contribution is 6.88. The molecule has 31 heavy (non-hydrogen) atoms. The van der Waals surface area contributed by atoms with Crippen LogP contribution in [-0.2, 0) is 0 Å². The molecule has 0 aliphatic heterocycles. The van der Waals surface area contributed by atoms with Gasteiger partial charge >= 0.3 is 0 Å². The average molecular weight is 440 g/mol. The van der Waals surface area contributed by atoms with Crippen LogP contribution < -0.4 is 5.19 Å². The maximum Gasteiger partial charge on any atom is 0.226 e. The molecule has 1 heterocycles. The molecule has 0 spiro atoms. The van der Waals surface area contributed by atoms with Crippen molar-refractivity contribution >= 4 is 46.4 Å². The molecule has 0 saturated heterocycles. The van der Waals surface area contributed by atoms with Crippen LogP contribution in [0, 0.1) is 0 Å². The number of aromatic nitrogens is 3. The first kappa shape index (κ1) is 19.9. The smallest absolute Gasteiger partial charge is 0.208 e. The van der Waals surface area contributed by atoms with Crippen molar-refractivity contribution in [3.63, 3.8) is 0 Å². The molecule has 5 aromatic rings. The van der Waals surface area contributed by atoms with Crippen LogP contribution in [0.2, 0.25) is 24.9 Å². The van der Waals surface area contributed by atoms with E-state index in [1.165, 1.54) is 21.3 Å². The highest BCUT2D eigenvalue weighted by Gasteiger charge is 2.17. The Hall–Kier alpha value is -3.08. The lowest BCUT2D eigenvalue weighted by molar-refractivity contribution is 1.07. The first-order chi connectivity index (χ1) is 14.9. The van der Waals surface area contributed by atoms with E-state index in [1.54, 1.807) is 0 Å². The SMILES string of the molecule is C[Si](C)(C)c1ccc(-c2nc(Cl)nc(-c3ccc4c(ccc5ccccc54)c3)n2)cc1. The zero-order valence-electron chi connectivity index (χ0n) is 17.7. The quantitative estimate of drug-likeness (QED) is 0.231. The number of hydrogen-bond acceptors (Lipinski definition) is 3. The minimum absolute atomic E-state index is 0.202. The fraction of sp³-hybridized carbons (Fsp3) is 0.115. The molecule has 5 rings (SSSR count). The minimum atomic E-state index is -1.36. The highest BCUT2D eigenvalue weighted by atomic mass is 35.5. The molecule has 0 unspecified atom stereocenters. The van der Waals surface area contributed by atoms with E-state index in [0.717, 1.165) is 16.5 Å². The summed E-state index contributed by atoms with van der Waals surface area (Å²) in [4.78, 5) is 13.5. The standard InChI is InChI=1S/C26H22ClN3Si/c1-31(2,3)21-13-10-18(11-14-21)24-28-25(30-26(27)29-24)20-12-15-23-19(16-20)9-8-17-6-4-5-7-22(17)23/h4-16H,1-3H3. The molecule has 0 bridgehead atoms. The molecule has 4 aromatic carbocycles. The Balaban J connectivity index is 1.58. The van der Waals surface area contributed by atoms with Gasteiger partial charge in [-0.25, -0.2) is 4.98 Å². The van der Waals surface area contributed by atoms with Gasteiger partial charge in [-0.3, -0.25) is 0 Å². The van der Waals surface area contributed by atoms with E-state index in [1.807, 2.05) is 0 Å². The van der Waals surface area contributed by atoms with Crippen molar-refractivity contribution in [2.45, 2.75) is 19.6 Å². The molecule has 0 aliphatic carbocycles. The Morgan fingerprint density at radius 3 is 1.97 bits per heavy atom. The van der Waals surface area contributed by atoms with Crippen molar-refractivity contribution in [2.24, 2.45) is 0 Å². The molecule has 152 valence electrons. The third kappa shape index (κ3) is 3.85. The normalized spacial score (nSPS) is 11.9. The van der Waals surface area contributed by atoms with Crippen LogP contribution in [0.1, 0.15) is 0 Å². The van der Waals surface area contributed by atoms with Crippen LogP contribution in [0.5, 0.6) is 0 Å². The van der Waals surface area contributed by atoms with Crippen molar-refractivity contribution in [1.82, 2.24) is 15.0 Å². The van der Waals surface area contributed by atoms with Crippen LogP contribution in [0.15, 0.2) is 78.9 Å². The predicted octanol–water partition coefficient (Wildman–Crippen LogP) is 6.71. The Morgan fingerprint density at radius 2 is 1.23 bits per heavy atom. The summed E-state index contributed by atoms with van der Waals surface area (Å²) >= 11 is 6.29. The third-order valence-corrected chi connectivity index (χ3v) is 7.85. The van der Waals surface area contributed by atoms with Crippen molar-refractivity contribution in [1.29, 1.82) is 0 Å². The van der Waals surface area contributed by atoms with Crippen molar-refractivity contribution in [2.75, 3.05) is 0 Å². The van der Waals surface area contributed by atoms with Gasteiger partial charge in [-0.15, -0.1) is 0 Å². The minimum Gasteiger partial charge on any atom is -0.208 e. The molecule has 0 amide bonds. The van der Waals surface area contributed by atoms with Gasteiger partial charge in [-0.1, -0.05) is 97.6 Å². The van der Waals surface area contributed by atoms with Crippen molar-refractivity contribution in [3.05, 3.63) is 84.1 Å². The van der Waals surface area contributed by atoms with Gasteiger partial charge in [-0.05, 0) is 39.2 Å². The second kappa shape index (κ2) is 7.56. The lowest BCUT2D eigenvalue weighted by Gasteiger charge is -2.16. The lowest BCUT2D eigenvalue weighted by atomic mass is 10.00. The Labute approximate surface area is 187 Å². The fourth-order valence-corrected chi connectivity index (χ4v) is 5.21. The van der Waals surface area contributed by atoms with E-state index in [4.69, 9.17) is 16.6 Å². The van der Waals surface area contributed by atoms with Gasteiger partial charge in [0.2, 0.25) is 5.28 Å². The van der Waals surface area contributed by atoms with Gasteiger partial charge in [0.25, 0.3) is 0 Å². The Kier molecular flexibility index (Phi) is 4.84. The molecule has 0 N–H and O–H groups in total. The van der Waals surface area contributed by atoms with E-state index >= 15 is 0 Å². The summed E-state index contributed by atoms with van der Waals surface area (Å²) in [5.74, 6) is 1.18. The molecule has 3 nitrogen and oxygen atoms in total. The number of rotatable bonds is 3. The number of hydrogen-bond donors (Lipinski definition) is 0. The molecule has 0 saturated carbocycles. The molecule has 0 radical (unpaired) electrons. The molecule has 5 heteroatoms. The molecule has 0 atom stereocenters. The molecular formula is C26H22ClN3Si. The first-order valence-corrected chi connectivity index (χ1v) is 14.2. The van der Waals surface area contributed by atoms with E-state index in [-0.39, 0.29) is 5.28 Å². The Bertz CT molecular complexity index is 1420. The van der Waals surface area contributed by atoms with Crippen molar-refractivity contribution in [3.8, 4) is 22.8 Å². The summed E-state index contributed by atoms with van der Waals surface area (Å²) < 4.78 is 0. The van der Waals surface area contributed by atoms with Crippen LogP contribution >= 0.6 is 11.6 Å². The molecule has 0 aliphatic rings. The summed E-state index contributed by atoms with van der Waals surface area (Å²) in [5.41, 5.74) is 1.87. The van der Waals surface area contributed by atoms with Gasteiger partial charge in [-0.2, -0.15) is 9.97 Å². The zero-order chi connectivity index (χ0) is 21.6. The zero-order valence-corrected chi connectivity index (χ0v) is 19.5. The van der Waals surface area contributed by atoms with Gasteiger partial charge in [0, 0.05) is 11.1 Å². The topological polar surface area (TPSA) is 38.7 Å². The predicted molar refractivity (Wildman–Crippen MR) is 134 cm³/mol. The maximum atomic E-state index is 6.29. The van der Waals surface area contributed by atoms with Crippen LogP contribution in [0.25, 0.3) is 44.3 Å². The summed E-state index contributed by atoms with van der Waals surface area (Å²) in [6.07, 6.45) is 0. The van der Waals surface area contributed by atoms with E-state index in [2.05, 4.69) is 108 Å².